The highest BCUT2D eigenvalue weighted by molar-refractivity contribution is 5.96. The highest BCUT2D eigenvalue weighted by Gasteiger charge is 2.15. The van der Waals surface area contributed by atoms with E-state index in [9.17, 15) is 4.79 Å². The zero-order valence-corrected chi connectivity index (χ0v) is 14.1. The molecule has 0 unspecified atom stereocenters. The van der Waals surface area contributed by atoms with Gasteiger partial charge in [-0.15, -0.1) is 0 Å². The fourth-order valence-corrected chi connectivity index (χ4v) is 2.38. The molecular weight excluding hydrogens is 304 g/mol. The van der Waals surface area contributed by atoms with Crippen LogP contribution in [0.1, 0.15) is 5.56 Å². The maximum Gasteiger partial charge on any atom is 0.259 e. The molecule has 124 valence electrons. The van der Waals surface area contributed by atoms with Gasteiger partial charge in [0.25, 0.3) is 5.56 Å². The molecule has 0 N–H and O–H groups in total. The van der Waals surface area contributed by atoms with Gasteiger partial charge in [0.05, 0.1) is 19.6 Å². The number of nitrogens with zero attached hydrogens (tertiary/aromatic N) is 2. The number of fused-ring (bicyclic) bond motifs is 1. The third-order valence-electron chi connectivity index (χ3n) is 3.63. The number of ether oxygens (including phenoxy) is 2. The molecule has 0 spiro atoms. The summed E-state index contributed by atoms with van der Waals surface area (Å²) < 4.78 is 12.2. The number of hydrogen-bond donors (Lipinski definition) is 0. The first-order valence-electron chi connectivity index (χ1n) is 7.28. The summed E-state index contributed by atoms with van der Waals surface area (Å²) in [5, 5.41) is 1.30. The van der Waals surface area contributed by atoms with Crippen molar-refractivity contribution in [2.24, 2.45) is 7.05 Å². The van der Waals surface area contributed by atoms with E-state index in [-0.39, 0.29) is 5.56 Å². The van der Waals surface area contributed by atoms with Gasteiger partial charge in [0.1, 0.15) is 11.5 Å². The van der Waals surface area contributed by atoms with Gasteiger partial charge in [-0.05, 0) is 23.6 Å². The second-order valence-electron chi connectivity index (χ2n) is 5.07. The van der Waals surface area contributed by atoms with E-state index in [0.717, 1.165) is 10.9 Å². The summed E-state index contributed by atoms with van der Waals surface area (Å²) in [5.41, 5.74) is 1.39. The van der Waals surface area contributed by atoms with Gasteiger partial charge in [0.15, 0.2) is 0 Å². The maximum atomic E-state index is 12.3. The molecule has 0 aliphatic rings. The molecular formula is C19H20N2O3. The first-order chi connectivity index (χ1) is 11.5. The molecule has 0 fully saturated rings. The van der Waals surface area contributed by atoms with Crippen molar-refractivity contribution in [1.29, 1.82) is 0 Å². The van der Waals surface area contributed by atoms with E-state index >= 15 is 0 Å². The number of hydrogen-bond acceptors (Lipinski definition) is 4. The minimum atomic E-state index is -0.113. The van der Waals surface area contributed by atoms with Crippen LogP contribution < -0.4 is 5.56 Å². The van der Waals surface area contributed by atoms with Gasteiger partial charge < -0.3 is 14.0 Å². The van der Waals surface area contributed by atoms with Crippen LogP contribution in [0, 0.1) is 0 Å². The number of pyridine rings is 2. The normalized spacial score (nSPS) is 12.1. The predicted octanol–water partition coefficient (Wildman–Crippen LogP) is 3.19. The monoisotopic (exact) mass is 324 g/mol. The Morgan fingerprint density at radius 2 is 2.04 bits per heavy atom. The van der Waals surface area contributed by atoms with Gasteiger partial charge in [-0.25, -0.2) is 0 Å². The van der Waals surface area contributed by atoms with Gasteiger partial charge in [0.2, 0.25) is 0 Å². The zero-order chi connectivity index (χ0) is 17.7. The van der Waals surface area contributed by atoms with Crippen LogP contribution in [0.2, 0.25) is 0 Å². The third kappa shape index (κ3) is 3.30. The standard InChI is InChI=1S/C19H20N2O3/c1-6-7-14(24-5)10-16(13(2)23-4)18-12-21(3)19(22)17-11-20-9-8-15(17)18/h6-12H,1-2H2,3-5H3/b14-7+,16-10+. The summed E-state index contributed by atoms with van der Waals surface area (Å²) in [7, 11) is 4.82. The molecule has 2 rings (SSSR count). The topological polar surface area (TPSA) is 53.4 Å². The minimum Gasteiger partial charge on any atom is -0.497 e. The molecule has 5 heteroatoms. The number of rotatable bonds is 6. The molecule has 0 aliphatic carbocycles. The lowest BCUT2D eigenvalue weighted by Crippen LogP contribution is -2.17. The summed E-state index contributed by atoms with van der Waals surface area (Å²) in [6, 6.07) is 1.80. The molecule has 5 nitrogen and oxygen atoms in total. The minimum absolute atomic E-state index is 0.113. The van der Waals surface area contributed by atoms with Crippen molar-refractivity contribution in [3.8, 4) is 0 Å². The van der Waals surface area contributed by atoms with Crippen molar-refractivity contribution in [3.63, 3.8) is 0 Å². The van der Waals surface area contributed by atoms with E-state index in [0.29, 0.717) is 22.5 Å². The second-order valence-corrected chi connectivity index (χ2v) is 5.07. The molecule has 2 aromatic rings. The van der Waals surface area contributed by atoms with E-state index in [1.165, 1.54) is 4.57 Å². The molecule has 0 aliphatic heterocycles. The molecule has 0 amide bonds. The van der Waals surface area contributed by atoms with E-state index in [2.05, 4.69) is 18.1 Å². The largest absolute Gasteiger partial charge is 0.497 e. The van der Waals surface area contributed by atoms with Crippen molar-refractivity contribution in [1.82, 2.24) is 9.55 Å². The van der Waals surface area contributed by atoms with Crippen LogP contribution in [0.25, 0.3) is 16.3 Å². The highest BCUT2D eigenvalue weighted by atomic mass is 16.5. The zero-order valence-electron chi connectivity index (χ0n) is 14.1. The molecule has 0 saturated carbocycles. The lowest BCUT2D eigenvalue weighted by atomic mass is 9.99. The molecule has 0 bridgehead atoms. The number of methoxy groups -OCH3 is 2. The first-order valence-corrected chi connectivity index (χ1v) is 7.28. The number of aromatic nitrogens is 2. The van der Waals surface area contributed by atoms with E-state index in [4.69, 9.17) is 9.47 Å². The Balaban J connectivity index is 2.84. The van der Waals surface area contributed by atoms with Crippen LogP contribution in [-0.2, 0) is 16.5 Å². The average Bonchev–Trinajstić information content (AvgIpc) is 2.61. The van der Waals surface area contributed by atoms with Crippen LogP contribution in [0.4, 0.5) is 0 Å². The molecule has 0 aromatic carbocycles. The lowest BCUT2D eigenvalue weighted by Gasteiger charge is -2.15. The van der Waals surface area contributed by atoms with Crippen molar-refractivity contribution in [2.45, 2.75) is 0 Å². The van der Waals surface area contributed by atoms with Crippen LogP contribution >= 0.6 is 0 Å². The van der Waals surface area contributed by atoms with E-state index < -0.39 is 0 Å². The number of allylic oxidation sites excluding steroid dienone is 4. The van der Waals surface area contributed by atoms with Gasteiger partial charge in [-0.2, -0.15) is 0 Å². The van der Waals surface area contributed by atoms with Crippen molar-refractivity contribution in [3.05, 3.63) is 83.5 Å². The van der Waals surface area contributed by atoms with E-state index in [1.54, 1.807) is 64.2 Å². The van der Waals surface area contributed by atoms with Crippen LogP contribution in [-0.4, -0.2) is 23.8 Å². The summed E-state index contributed by atoms with van der Waals surface area (Å²) in [6.45, 7) is 7.63. The summed E-state index contributed by atoms with van der Waals surface area (Å²) in [5.74, 6) is 1.05. The van der Waals surface area contributed by atoms with E-state index in [1.807, 2.05) is 0 Å². The molecule has 0 atom stereocenters. The number of aryl methyl sites for hydroxylation is 1. The maximum absolute atomic E-state index is 12.3. The fourth-order valence-electron chi connectivity index (χ4n) is 2.38. The lowest BCUT2D eigenvalue weighted by molar-refractivity contribution is 0.303. The van der Waals surface area contributed by atoms with Gasteiger partial charge >= 0.3 is 0 Å². The van der Waals surface area contributed by atoms with Gasteiger partial charge in [0, 0.05) is 36.8 Å². The molecule has 2 aromatic heterocycles. The second kappa shape index (κ2) is 7.46. The van der Waals surface area contributed by atoms with Crippen molar-refractivity contribution in [2.75, 3.05) is 14.2 Å². The molecule has 0 saturated heterocycles. The summed E-state index contributed by atoms with van der Waals surface area (Å²) in [6.07, 6.45) is 10.1. The Morgan fingerprint density at radius 3 is 2.67 bits per heavy atom. The van der Waals surface area contributed by atoms with Crippen LogP contribution in [0.15, 0.2) is 72.4 Å². The van der Waals surface area contributed by atoms with Crippen LogP contribution in [0.5, 0.6) is 0 Å². The average molecular weight is 324 g/mol. The van der Waals surface area contributed by atoms with Crippen LogP contribution in [0.3, 0.4) is 0 Å². The third-order valence-corrected chi connectivity index (χ3v) is 3.63. The summed E-state index contributed by atoms with van der Waals surface area (Å²) >= 11 is 0. The Bertz CT molecular complexity index is 904. The molecule has 0 radical (unpaired) electrons. The van der Waals surface area contributed by atoms with Crippen molar-refractivity contribution >= 4 is 16.3 Å². The highest BCUT2D eigenvalue weighted by Crippen LogP contribution is 2.29. The molecule has 24 heavy (non-hydrogen) atoms. The fraction of sp³-hybridized carbons (Fsp3) is 0.158. The smallest absolute Gasteiger partial charge is 0.259 e. The van der Waals surface area contributed by atoms with Crippen molar-refractivity contribution < 1.29 is 9.47 Å². The van der Waals surface area contributed by atoms with Gasteiger partial charge in [-0.3, -0.25) is 9.78 Å². The Kier molecular flexibility index (Phi) is 5.37. The summed E-state index contributed by atoms with van der Waals surface area (Å²) in [4.78, 5) is 16.4. The quantitative estimate of drug-likeness (QED) is 0.605. The van der Waals surface area contributed by atoms with Gasteiger partial charge in [-0.1, -0.05) is 19.2 Å². The Morgan fingerprint density at radius 1 is 1.29 bits per heavy atom. The molecule has 2 heterocycles. The predicted molar refractivity (Wildman–Crippen MR) is 96.4 cm³/mol. The Labute approximate surface area is 140 Å². The SMILES string of the molecule is C=C/C=C(\C=C(/C(=C)OC)c1cn(C)c(=O)c2cnccc12)OC. The Hall–Kier alpha value is -3.08. The first kappa shape index (κ1) is 17.3.